The summed E-state index contributed by atoms with van der Waals surface area (Å²) in [6, 6.07) is 2.32. The van der Waals surface area contributed by atoms with Gasteiger partial charge in [0.15, 0.2) is 0 Å². The van der Waals surface area contributed by atoms with Crippen LogP contribution in [0.1, 0.15) is 72.6 Å². The number of alkyl halides is 3. The molecular weight excluding hydrogens is 828 g/mol. The van der Waals surface area contributed by atoms with Crippen LogP contribution in [0, 0.1) is 17.8 Å². The fourth-order valence-electron chi connectivity index (χ4n) is 7.84. The summed E-state index contributed by atoms with van der Waals surface area (Å²) in [5.41, 5.74) is -4.55. The van der Waals surface area contributed by atoms with Gasteiger partial charge in [-0.25, -0.2) is 18.2 Å². The van der Waals surface area contributed by atoms with E-state index >= 15 is 0 Å². The van der Waals surface area contributed by atoms with Gasteiger partial charge in [-0.3, -0.25) is 19.1 Å². The Hall–Kier alpha value is -4.85. The summed E-state index contributed by atoms with van der Waals surface area (Å²) in [6.07, 6.45) is -0.00142. The van der Waals surface area contributed by atoms with Crippen molar-refractivity contribution in [2.24, 2.45) is 17.8 Å². The largest absolute Gasteiger partial charge is 0.497 e. The Balaban J connectivity index is 1.36. The van der Waals surface area contributed by atoms with E-state index in [9.17, 15) is 40.8 Å². The zero-order chi connectivity index (χ0) is 44.5. The lowest BCUT2D eigenvalue weighted by atomic mass is 9.88. The first-order valence-electron chi connectivity index (χ1n) is 20.4. The molecule has 2 aliphatic heterocycles. The average molecular weight is 882 g/mol. The number of halogens is 3. The van der Waals surface area contributed by atoms with E-state index in [1.54, 1.807) is 31.2 Å². The summed E-state index contributed by atoms with van der Waals surface area (Å²) < 4.78 is 97.0. The van der Waals surface area contributed by atoms with Gasteiger partial charge in [0.1, 0.15) is 41.8 Å². The lowest BCUT2D eigenvalue weighted by molar-refractivity contribution is -0.244. The van der Waals surface area contributed by atoms with Crippen LogP contribution in [-0.4, -0.2) is 117 Å². The minimum Gasteiger partial charge on any atom is -0.497 e. The number of carbonyl (C=O) groups excluding carboxylic acids is 4. The Morgan fingerprint density at radius 1 is 1.05 bits per heavy atom. The molecule has 16 nitrogen and oxygen atoms in total. The normalized spacial score (nSPS) is 28.0. The minimum atomic E-state index is -4.93. The van der Waals surface area contributed by atoms with Crippen molar-refractivity contribution < 1.29 is 64.5 Å². The smallest absolute Gasteiger partial charge is 0.427 e. The number of sulfonamides is 1. The van der Waals surface area contributed by atoms with E-state index in [4.69, 9.17) is 23.7 Å². The predicted octanol–water partition coefficient (Wildman–Crippen LogP) is 4.55. The molecule has 20 heteroatoms. The van der Waals surface area contributed by atoms with E-state index in [-0.39, 0.29) is 37.8 Å². The first kappa shape index (κ1) is 45.7. The van der Waals surface area contributed by atoms with Crippen LogP contribution >= 0.6 is 0 Å². The molecule has 3 fully saturated rings. The maximum absolute atomic E-state index is 14.8. The van der Waals surface area contributed by atoms with Gasteiger partial charge in [-0.1, -0.05) is 26.0 Å². The highest BCUT2D eigenvalue weighted by atomic mass is 32.2. The van der Waals surface area contributed by atoms with E-state index in [1.165, 1.54) is 25.3 Å². The Morgan fingerprint density at radius 3 is 2.46 bits per heavy atom. The number of alkyl carbamates (subject to hydrolysis) is 1. The van der Waals surface area contributed by atoms with Crippen LogP contribution in [0.15, 0.2) is 36.5 Å². The van der Waals surface area contributed by atoms with E-state index in [0.717, 1.165) is 0 Å². The molecule has 4 aliphatic rings. The highest BCUT2D eigenvalue weighted by molar-refractivity contribution is 7.91. The van der Waals surface area contributed by atoms with Crippen molar-refractivity contribution in [1.29, 1.82) is 0 Å². The Bertz CT molecular complexity index is 2130. The number of allylic oxidation sites excluding steroid dienone is 1. The second kappa shape index (κ2) is 17.9. The molecule has 6 rings (SSSR count). The SMILES string of the molecule is COCCOc1cnc(O[C@@H]2C[C@H]3C(=O)N[C@]4(C(=O)NS(=O)(=O)C5CC5)C[C@H]4/C=C\CC[C@H](C)C[C@@H](C)[C@H](NC(=O)OC(C)(C)C(F)(F)F)C(=O)N3C2)c2ccc(OC)cc12. The van der Waals surface area contributed by atoms with Crippen LogP contribution in [0.5, 0.6) is 17.4 Å². The molecule has 7 atom stereocenters. The number of aromatic nitrogens is 1. The monoisotopic (exact) mass is 881 g/mol. The van der Waals surface area contributed by atoms with Gasteiger partial charge in [-0.15, -0.1) is 0 Å². The fourth-order valence-corrected chi connectivity index (χ4v) is 9.21. The maximum atomic E-state index is 14.8. The second-order valence-electron chi connectivity index (χ2n) is 17.0. The zero-order valence-electron chi connectivity index (χ0n) is 35.0. The van der Waals surface area contributed by atoms with Gasteiger partial charge in [-0.2, -0.15) is 13.2 Å². The van der Waals surface area contributed by atoms with Crippen LogP contribution in [-0.2, 0) is 33.9 Å². The molecule has 3 heterocycles. The molecule has 2 aliphatic carbocycles. The van der Waals surface area contributed by atoms with Crippen molar-refractivity contribution in [3.8, 4) is 17.4 Å². The molecule has 1 aromatic heterocycles. The molecule has 0 bridgehead atoms. The van der Waals surface area contributed by atoms with Gasteiger partial charge in [-0.05, 0) is 82.4 Å². The Morgan fingerprint density at radius 2 is 1.79 bits per heavy atom. The number of nitrogens with zero attached hydrogens (tertiary/aromatic N) is 2. The average Bonchev–Trinajstić information content (AvgIpc) is 4.12. The van der Waals surface area contributed by atoms with Crippen LogP contribution in [0.3, 0.4) is 0 Å². The molecule has 0 radical (unpaired) electrons. The van der Waals surface area contributed by atoms with Gasteiger partial charge < -0.3 is 39.2 Å². The third kappa shape index (κ3) is 10.3. The Kier molecular flexibility index (Phi) is 13.4. The van der Waals surface area contributed by atoms with Gasteiger partial charge >= 0.3 is 12.3 Å². The molecule has 4 amide bonds. The standard InChI is InChI=1S/C41H54F3N5O11S/c1-23-9-7-8-10-25-20-40(25,37(52)48-61(54,55)28-12-13-28)47-34(50)31-19-27(59-35-29-14-11-26(57-6)18-30(29)32(21-45-35)58-16-15-56-5)22-49(31)36(51)33(24(2)17-23)46-38(53)60-39(3,4)41(42,43)44/h8,10-11,14,18,21,23-25,27-28,31,33H,7,9,12-13,15-17,19-20,22H2,1-6H3,(H,46,53)(H,47,50)(H,48,52)/b10-8-/t23-,24+,25+,27+,31-,33-,40+/m0/s1. The number of nitrogens with one attached hydrogen (secondary N) is 3. The quantitative estimate of drug-likeness (QED) is 0.199. The van der Waals surface area contributed by atoms with Gasteiger partial charge in [0.05, 0.1) is 31.7 Å². The first-order chi connectivity index (χ1) is 28.7. The van der Waals surface area contributed by atoms with Crippen molar-refractivity contribution >= 4 is 44.6 Å². The molecular formula is C41H54F3N5O11S. The number of hydrogen-bond donors (Lipinski definition) is 3. The number of fused-ring (bicyclic) bond motifs is 3. The van der Waals surface area contributed by atoms with Crippen molar-refractivity contribution in [3.63, 3.8) is 0 Å². The third-order valence-corrected chi connectivity index (χ3v) is 13.6. The summed E-state index contributed by atoms with van der Waals surface area (Å²) >= 11 is 0. The Labute approximate surface area is 352 Å². The summed E-state index contributed by atoms with van der Waals surface area (Å²) in [5, 5.41) is 5.54. The van der Waals surface area contributed by atoms with Crippen molar-refractivity contribution in [1.82, 2.24) is 25.2 Å². The zero-order valence-corrected chi connectivity index (χ0v) is 35.8. The predicted molar refractivity (Wildman–Crippen MR) is 214 cm³/mol. The first-order valence-corrected chi connectivity index (χ1v) is 21.9. The van der Waals surface area contributed by atoms with Crippen LogP contribution in [0.25, 0.3) is 10.8 Å². The van der Waals surface area contributed by atoms with Gasteiger partial charge in [0.25, 0.3) is 5.91 Å². The highest BCUT2D eigenvalue weighted by Crippen LogP contribution is 2.46. The number of hydrogen-bond acceptors (Lipinski definition) is 12. The lowest BCUT2D eigenvalue weighted by Crippen LogP contribution is -2.59. The summed E-state index contributed by atoms with van der Waals surface area (Å²) in [6.45, 7) is 5.26. The molecule has 61 heavy (non-hydrogen) atoms. The number of carbonyl (C=O) groups is 4. The summed E-state index contributed by atoms with van der Waals surface area (Å²) in [4.78, 5) is 62.1. The minimum absolute atomic E-state index is 0.0508. The third-order valence-electron chi connectivity index (χ3n) is 11.8. The van der Waals surface area contributed by atoms with E-state index < -0.39 is 86.4 Å². The molecule has 2 saturated carbocycles. The van der Waals surface area contributed by atoms with Crippen molar-refractivity contribution in [2.75, 3.05) is 34.0 Å². The molecule has 2 aromatic rings. The number of pyridine rings is 1. The summed E-state index contributed by atoms with van der Waals surface area (Å²) in [5.74, 6) is -2.71. The van der Waals surface area contributed by atoms with E-state index in [1.807, 2.05) is 13.0 Å². The van der Waals surface area contributed by atoms with E-state index in [0.29, 0.717) is 74.8 Å². The fraction of sp³-hybridized carbons (Fsp3) is 0.634. The van der Waals surface area contributed by atoms with E-state index in [2.05, 4.69) is 20.3 Å². The highest BCUT2D eigenvalue weighted by Gasteiger charge is 2.62. The molecule has 0 spiro atoms. The number of methoxy groups -OCH3 is 2. The maximum Gasteiger partial charge on any atom is 0.427 e. The van der Waals surface area contributed by atoms with Crippen molar-refractivity contribution in [2.45, 2.75) is 113 Å². The molecule has 1 aromatic carbocycles. The molecule has 3 N–H and O–H groups in total. The summed E-state index contributed by atoms with van der Waals surface area (Å²) in [7, 11) is -0.956. The molecule has 1 saturated heterocycles. The molecule has 0 unspecified atom stereocenters. The number of rotatable bonds is 12. The number of amides is 4. The molecule has 336 valence electrons. The second-order valence-corrected chi connectivity index (χ2v) is 18.9. The number of ether oxygens (including phenoxy) is 5. The van der Waals surface area contributed by atoms with Gasteiger partial charge in [0, 0.05) is 30.2 Å². The van der Waals surface area contributed by atoms with Crippen molar-refractivity contribution in [3.05, 3.63) is 36.5 Å². The van der Waals surface area contributed by atoms with Crippen LogP contribution < -0.4 is 29.6 Å². The number of benzene rings is 1. The lowest BCUT2D eigenvalue weighted by Gasteiger charge is -2.34. The topological polar surface area (TPSA) is 201 Å². The van der Waals surface area contributed by atoms with Gasteiger partial charge in [0.2, 0.25) is 33.3 Å². The van der Waals surface area contributed by atoms with Crippen LogP contribution in [0.4, 0.5) is 18.0 Å². The van der Waals surface area contributed by atoms with Crippen LogP contribution in [0.2, 0.25) is 0 Å².